The maximum Gasteiger partial charge on any atom is 0.306 e. The second-order valence-electron chi connectivity index (χ2n) is 17.4. The monoisotopic (exact) mass is 891 g/mol. The first-order chi connectivity index (χ1) is 31.5. The fourth-order valence-corrected chi connectivity index (χ4v) is 7.15. The van der Waals surface area contributed by atoms with E-state index in [0.29, 0.717) is 19.3 Å². The summed E-state index contributed by atoms with van der Waals surface area (Å²) in [6.45, 7) is 6.41. The lowest BCUT2D eigenvalue weighted by atomic mass is 10.1. The lowest BCUT2D eigenvalue weighted by Crippen LogP contribution is -2.30. The standard InChI is InChI=1S/C58H98O6/c1-4-7-10-13-16-19-21-23-24-25-26-27-28-29-30-31-32-33-34-36-37-39-42-45-48-51-57(60)63-54-55(53-62-56(59)50-47-44-41-18-15-12-9-6-3)64-58(61)52-49-46-43-40-38-35-22-20-17-14-11-8-5-2/h7,10-11,14,16,19-20,22-24,26-27,29-30,55H,4-6,8-9,12-13,15,17-18,21,25,28,31-54H2,1-3H3/b10-7-,14-11-,19-16-,22-20-,24-23-,27-26-,30-29-. The summed E-state index contributed by atoms with van der Waals surface area (Å²) in [5.41, 5.74) is 0. The summed E-state index contributed by atoms with van der Waals surface area (Å²) in [4.78, 5) is 37.9. The smallest absolute Gasteiger partial charge is 0.306 e. The molecule has 0 aromatic heterocycles. The highest BCUT2D eigenvalue weighted by atomic mass is 16.6. The lowest BCUT2D eigenvalue weighted by Gasteiger charge is -2.18. The van der Waals surface area contributed by atoms with Crippen LogP contribution in [-0.4, -0.2) is 37.2 Å². The number of rotatable bonds is 47. The fourth-order valence-electron chi connectivity index (χ4n) is 7.15. The van der Waals surface area contributed by atoms with Gasteiger partial charge in [0.05, 0.1) is 0 Å². The molecule has 64 heavy (non-hydrogen) atoms. The molecule has 0 bridgehead atoms. The Morgan fingerprint density at radius 1 is 0.328 bits per heavy atom. The van der Waals surface area contributed by atoms with Gasteiger partial charge in [0.1, 0.15) is 13.2 Å². The number of hydrogen-bond donors (Lipinski definition) is 0. The Morgan fingerprint density at radius 3 is 1.02 bits per heavy atom. The minimum atomic E-state index is -0.783. The van der Waals surface area contributed by atoms with Gasteiger partial charge >= 0.3 is 17.9 Å². The van der Waals surface area contributed by atoms with Gasteiger partial charge in [-0.05, 0) is 89.9 Å². The molecule has 0 fully saturated rings. The molecule has 1 atom stereocenters. The second kappa shape index (κ2) is 52.2. The maximum absolute atomic E-state index is 12.8. The van der Waals surface area contributed by atoms with Crippen LogP contribution >= 0.6 is 0 Å². The molecule has 0 saturated carbocycles. The van der Waals surface area contributed by atoms with Gasteiger partial charge < -0.3 is 14.2 Å². The van der Waals surface area contributed by atoms with E-state index in [1.165, 1.54) is 77.0 Å². The molecule has 0 aromatic carbocycles. The highest BCUT2D eigenvalue weighted by molar-refractivity contribution is 5.71. The highest BCUT2D eigenvalue weighted by Gasteiger charge is 2.19. The van der Waals surface area contributed by atoms with E-state index in [9.17, 15) is 14.4 Å². The summed E-state index contributed by atoms with van der Waals surface area (Å²) in [6.07, 6.45) is 67.2. The number of unbranched alkanes of at least 4 members (excludes halogenated alkanes) is 22. The largest absolute Gasteiger partial charge is 0.462 e. The van der Waals surface area contributed by atoms with E-state index in [1.54, 1.807) is 0 Å². The van der Waals surface area contributed by atoms with Crippen molar-refractivity contribution in [3.8, 4) is 0 Å². The van der Waals surface area contributed by atoms with Gasteiger partial charge in [0.15, 0.2) is 6.10 Å². The van der Waals surface area contributed by atoms with Crippen molar-refractivity contribution < 1.29 is 28.6 Å². The van der Waals surface area contributed by atoms with Crippen molar-refractivity contribution in [2.45, 2.75) is 252 Å². The van der Waals surface area contributed by atoms with Crippen LogP contribution in [0, 0.1) is 0 Å². The lowest BCUT2D eigenvalue weighted by molar-refractivity contribution is -0.167. The molecule has 6 heteroatoms. The molecule has 0 radical (unpaired) electrons. The summed E-state index contributed by atoms with van der Waals surface area (Å²) in [7, 11) is 0. The molecule has 0 aliphatic rings. The Hall–Kier alpha value is -3.41. The van der Waals surface area contributed by atoms with Gasteiger partial charge in [-0.1, -0.05) is 221 Å². The average Bonchev–Trinajstić information content (AvgIpc) is 3.29. The zero-order valence-corrected chi connectivity index (χ0v) is 41.8. The van der Waals surface area contributed by atoms with Gasteiger partial charge in [-0.25, -0.2) is 0 Å². The van der Waals surface area contributed by atoms with Crippen molar-refractivity contribution in [3.63, 3.8) is 0 Å². The van der Waals surface area contributed by atoms with Crippen LogP contribution in [0.1, 0.15) is 245 Å². The third-order valence-electron chi connectivity index (χ3n) is 11.1. The Bertz CT molecular complexity index is 1250. The van der Waals surface area contributed by atoms with Crippen LogP contribution in [0.5, 0.6) is 0 Å². The van der Waals surface area contributed by atoms with E-state index >= 15 is 0 Å². The van der Waals surface area contributed by atoms with E-state index < -0.39 is 6.10 Å². The molecule has 366 valence electrons. The number of carbonyl (C=O) groups is 3. The van der Waals surface area contributed by atoms with Crippen molar-refractivity contribution in [2.75, 3.05) is 13.2 Å². The molecule has 0 N–H and O–H groups in total. The summed E-state index contributed by atoms with van der Waals surface area (Å²) in [5, 5.41) is 0. The third kappa shape index (κ3) is 49.6. The van der Waals surface area contributed by atoms with E-state index in [-0.39, 0.29) is 31.1 Å². The SMILES string of the molecule is CC/C=C\C/C=C\C/C=C\C/C=C\C/C=C\CCCCCCCCCCCC(=O)OCC(COC(=O)CCCCCCCCCC)OC(=O)CCCCCCC/C=C\C/C=C\CCC. The average molecular weight is 891 g/mol. The van der Waals surface area contributed by atoms with Gasteiger partial charge in [-0.3, -0.25) is 14.4 Å². The summed E-state index contributed by atoms with van der Waals surface area (Å²) < 4.78 is 16.7. The Balaban J connectivity index is 4.23. The third-order valence-corrected chi connectivity index (χ3v) is 11.1. The number of hydrogen-bond acceptors (Lipinski definition) is 6. The van der Waals surface area contributed by atoms with Crippen molar-refractivity contribution >= 4 is 17.9 Å². The molecule has 6 nitrogen and oxygen atoms in total. The molecule has 1 unspecified atom stereocenters. The summed E-state index contributed by atoms with van der Waals surface area (Å²) in [5.74, 6) is -0.909. The van der Waals surface area contributed by atoms with Gasteiger partial charge in [0.2, 0.25) is 0 Å². The molecule has 0 amide bonds. The highest BCUT2D eigenvalue weighted by Crippen LogP contribution is 2.14. The number of ether oxygens (including phenoxy) is 3. The molecule has 0 saturated heterocycles. The van der Waals surface area contributed by atoms with E-state index in [0.717, 1.165) is 128 Å². The van der Waals surface area contributed by atoms with E-state index in [4.69, 9.17) is 14.2 Å². The first-order valence-corrected chi connectivity index (χ1v) is 26.6. The van der Waals surface area contributed by atoms with Gasteiger partial charge in [-0.15, -0.1) is 0 Å². The summed E-state index contributed by atoms with van der Waals surface area (Å²) >= 11 is 0. The van der Waals surface area contributed by atoms with Crippen LogP contribution in [0.2, 0.25) is 0 Å². The normalized spacial score (nSPS) is 12.7. The first kappa shape index (κ1) is 60.6. The second-order valence-corrected chi connectivity index (χ2v) is 17.4. The van der Waals surface area contributed by atoms with Gasteiger partial charge in [-0.2, -0.15) is 0 Å². The molecule has 0 aliphatic carbocycles. The van der Waals surface area contributed by atoms with Crippen LogP contribution in [0.4, 0.5) is 0 Å². The van der Waals surface area contributed by atoms with Crippen LogP contribution in [0.3, 0.4) is 0 Å². The Morgan fingerprint density at radius 2 is 0.641 bits per heavy atom. The molecule has 0 aromatic rings. The molecular weight excluding hydrogens is 793 g/mol. The molecule has 0 heterocycles. The van der Waals surface area contributed by atoms with Crippen molar-refractivity contribution in [1.29, 1.82) is 0 Å². The summed E-state index contributed by atoms with van der Waals surface area (Å²) in [6, 6.07) is 0. The molecule has 0 rings (SSSR count). The number of allylic oxidation sites excluding steroid dienone is 14. The van der Waals surface area contributed by atoms with E-state index in [1.807, 2.05) is 0 Å². The molecule has 0 aliphatic heterocycles. The van der Waals surface area contributed by atoms with E-state index in [2.05, 4.69) is 106 Å². The maximum atomic E-state index is 12.8. The Kier molecular flexibility index (Phi) is 49.4. The molecular formula is C58H98O6. The first-order valence-electron chi connectivity index (χ1n) is 26.6. The number of esters is 3. The quantitative estimate of drug-likeness (QED) is 0.0262. The predicted octanol–water partition coefficient (Wildman–Crippen LogP) is 17.6. The topological polar surface area (TPSA) is 78.9 Å². The number of carbonyl (C=O) groups excluding carboxylic acids is 3. The Labute approximate surface area is 395 Å². The predicted molar refractivity (Wildman–Crippen MR) is 274 cm³/mol. The zero-order valence-electron chi connectivity index (χ0n) is 41.8. The molecule has 0 spiro atoms. The van der Waals surface area contributed by atoms with Gasteiger partial charge in [0, 0.05) is 19.3 Å². The van der Waals surface area contributed by atoms with Gasteiger partial charge in [0.25, 0.3) is 0 Å². The zero-order chi connectivity index (χ0) is 46.5. The van der Waals surface area contributed by atoms with Crippen LogP contribution in [0.15, 0.2) is 85.1 Å². The minimum absolute atomic E-state index is 0.0832. The van der Waals surface area contributed by atoms with Crippen LogP contribution in [-0.2, 0) is 28.6 Å². The van der Waals surface area contributed by atoms with Crippen molar-refractivity contribution in [3.05, 3.63) is 85.1 Å². The van der Waals surface area contributed by atoms with Crippen LogP contribution < -0.4 is 0 Å². The van der Waals surface area contributed by atoms with Crippen molar-refractivity contribution in [1.82, 2.24) is 0 Å². The fraction of sp³-hybridized carbons (Fsp3) is 0.707. The van der Waals surface area contributed by atoms with Crippen LogP contribution in [0.25, 0.3) is 0 Å². The van der Waals surface area contributed by atoms with Crippen molar-refractivity contribution in [2.24, 2.45) is 0 Å². The minimum Gasteiger partial charge on any atom is -0.462 e.